The van der Waals surface area contributed by atoms with E-state index in [-0.39, 0.29) is 0 Å². The number of pyridine rings is 1. The summed E-state index contributed by atoms with van der Waals surface area (Å²) in [5.74, 6) is 2.09. The van der Waals surface area contributed by atoms with Crippen LogP contribution in [0.2, 0.25) is 0 Å². The highest BCUT2D eigenvalue weighted by atomic mass is 16.5. The lowest BCUT2D eigenvalue weighted by Gasteiger charge is -2.12. The first-order valence-electron chi connectivity index (χ1n) is 8.91. The maximum Gasteiger partial charge on any atom is 0.163 e. The van der Waals surface area contributed by atoms with Crippen LogP contribution < -0.4 is 10.1 Å². The van der Waals surface area contributed by atoms with Crippen molar-refractivity contribution in [2.45, 2.75) is 0 Å². The highest BCUT2D eigenvalue weighted by Gasteiger charge is 2.12. The van der Waals surface area contributed by atoms with Gasteiger partial charge in [-0.2, -0.15) is 0 Å². The fourth-order valence-electron chi connectivity index (χ4n) is 3.27. The zero-order valence-corrected chi connectivity index (χ0v) is 15.2. The van der Waals surface area contributed by atoms with Gasteiger partial charge in [-0.3, -0.25) is 4.98 Å². The number of nitrogens with one attached hydrogen (secondary N) is 2. The van der Waals surface area contributed by atoms with Crippen LogP contribution in [0.15, 0.2) is 73.2 Å². The molecule has 2 aromatic carbocycles. The fraction of sp³-hybridized carbons (Fsp3) is 0.0455. The lowest BCUT2D eigenvalue weighted by Crippen LogP contribution is -2.00. The number of para-hydroxylation sites is 1. The minimum absolute atomic E-state index is 0.618. The van der Waals surface area contributed by atoms with E-state index in [0.717, 1.165) is 38.8 Å². The van der Waals surface area contributed by atoms with Crippen molar-refractivity contribution in [2.24, 2.45) is 0 Å². The van der Waals surface area contributed by atoms with Crippen molar-refractivity contribution in [3.8, 4) is 17.1 Å². The van der Waals surface area contributed by atoms with Crippen molar-refractivity contribution in [2.75, 3.05) is 12.4 Å². The Hall–Kier alpha value is -3.93. The fourth-order valence-corrected chi connectivity index (χ4v) is 3.27. The number of H-pyrrole nitrogens is 1. The standard InChI is InChI=1S/C22H17N5O/c1-28-16-7-8-18-17(12-16)22(27-21(25-18)15-5-3-10-23-13-15)26-19-6-2-4-14-9-11-24-20(14)19/h2-13,24H,1H3,(H,25,26,27). The first-order valence-corrected chi connectivity index (χ1v) is 8.91. The van der Waals surface area contributed by atoms with Crippen molar-refractivity contribution in [3.05, 3.63) is 73.2 Å². The quantitative estimate of drug-likeness (QED) is 0.471. The Morgan fingerprint density at radius 2 is 1.96 bits per heavy atom. The number of aromatic amines is 1. The van der Waals surface area contributed by atoms with E-state index in [9.17, 15) is 0 Å². The van der Waals surface area contributed by atoms with Gasteiger partial charge in [0.25, 0.3) is 0 Å². The van der Waals surface area contributed by atoms with Crippen LogP contribution in [0.25, 0.3) is 33.2 Å². The normalized spacial score (nSPS) is 11.0. The third kappa shape index (κ3) is 2.81. The monoisotopic (exact) mass is 367 g/mol. The maximum absolute atomic E-state index is 5.40. The lowest BCUT2D eigenvalue weighted by atomic mass is 10.2. The number of aromatic nitrogens is 4. The van der Waals surface area contributed by atoms with Crippen LogP contribution in [0.1, 0.15) is 0 Å². The maximum atomic E-state index is 5.40. The summed E-state index contributed by atoms with van der Waals surface area (Å²) in [7, 11) is 1.65. The third-order valence-electron chi connectivity index (χ3n) is 4.66. The van der Waals surface area contributed by atoms with Gasteiger partial charge in [0, 0.05) is 34.9 Å². The summed E-state index contributed by atoms with van der Waals surface area (Å²) >= 11 is 0. The molecule has 6 heteroatoms. The number of benzene rings is 2. The van der Waals surface area contributed by atoms with Gasteiger partial charge in [-0.05, 0) is 42.5 Å². The molecule has 0 fully saturated rings. The van der Waals surface area contributed by atoms with Crippen LogP contribution in [0.3, 0.4) is 0 Å². The summed E-state index contributed by atoms with van der Waals surface area (Å²) in [5.41, 5.74) is 3.67. The van der Waals surface area contributed by atoms with Crippen molar-refractivity contribution < 1.29 is 4.74 Å². The number of hydrogen-bond donors (Lipinski definition) is 2. The number of nitrogens with zero attached hydrogens (tertiary/aromatic N) is 3. The van der Waals surface area contributed by atoms with Crippen molar-refractivity contribution in [3.63, 3.8) is 0 Å². The predicted octanol–water partition coefficient (Wildman–Crippen LogP) is 4.93. The van der Waals surface area contributed by atoms with Crippen LogP contribution in [-0.2, 0) is 0 Å². The molecule has 6 nitrogen and oxygen atoms in total. The van der Waals surface area contributed by atoms with Gasteiger partial charge in [0.1, 0.15) is 11.6 Å². The molecule has 0 bridgehead atoms. The molecule has 136 valence electrons. The number of methoxy groups -OCH3 is 1. The van der Waals surface area contributed by atoms with E-state index in [2.05, 4.69) is 21.4 Å². The minimum atomic E-state index is 0.618. The molecule has 0 saturated carbocycles. The summed E-state index contributed by atoms with van der Waals surface area (Å²) in [6.45, 7) is 0. The van der Waals surface area contributed by atoms with Crippen molar-refractivity contribution in [1.29, 1.82) is 0 Å². The van der Waals surface area contributed by atoms with E-state index >= 15 is 0 Å². The SMILES string of the molecule is COc1ccc2nc(-c3cccnc3)nc(Nc3cccc4cc[nH]c34)c2c1. The van der Waals surface area contributed by atoms with E-state index < -0.39 is 0 Å². The second-order valence-electron chi connectivity index (χ2n) is 6.39. The summed E-state index contributed by atoms with van der Waals surface area (Å²) in [6, 6.07) is 17.8. The van der Waals surface area contributed by atoms with E-state index in [1.165, 1.54) is 0 Å². The molecule has 0 amide bonds. The van der Waals surface area contributed by atoms with Gasteiger partial charge >= 0.3 is 0 Å². The number of anilines is 2. The van der Waals surface area contributed by atoms with Crippen LogP contribution in [0, 0.1) is 0 Å². The summed E-state index contributed by atoms with van der Waals surface area (Å²) in [6.07, 6.45) is 5.43. The molecule has 0 atom stereocenters. The van der Waals surface area contributed by atoms with E-state index in [0.29, 0.717) is 11.6 Å². The van der Waals surface area contributed by atoms with Gasteiger partial charge < -0.3 is 15.0 Å². The van der Waals surface area contributed by atoms with Crippen molar-refractivity contribution >= 4 is 33.3 Å². The zero-order valence-electron chi connectivity index (χ0n) is 15.2. The Labute approximate surface area is 161 Å². The van der Waals surface area contributed by atoms with Gasteiger partial charge in [0.15, 0.2) is 5.82 Å². The van der Waals surface area contributed by atoms with Crippen LogP contribution in [-0.4, -0.2) is 27.0 Å². The molecule has 0 aliphatic rings. The average Bonchev–Trinajstić information content (AvgIpc) is 3.24. The molecule has 3 heterocycles. The Morgan fingerprint density at radius 3 is 2.82 bits per heavy atom. The van der Waals surface area contributed by atoms with Crippen LogP contribution >= 0.6 is 0 Å². The highest BCUT2D eigenvalue weighted by Crippen LogP contribution is 2.31. The second kappa shape index (κ2) is 6.66. The Balaban J connectivity index is 1.71. The van der Waals surface area contributed by atoms with Crippen LogP contribution in [0.5, 0.6) is 5.75 Å². The average molecular weight is 367 g/mol. The Morgan fingerprint density at radius 1 is 1.00 bits per heavy atom. The van der Waals surface area contributed by atoms with Gasteiger partial charge in [-0.25, -0.2) is 9.97 Å². The molecule has 5 aromatic rings. The number of fused-ring (bicyclic) bond motifs is 2. The van der Waals surface area contributed by atoms with Crippen molar-refractivity contribution in [1.82, 2.24) is 19.9 Å². The zero-order chi connectivity index (χ0) is 18.9. The first-order chi connectivity index (χ1) is 13.8. The van der Waals surface area contributed by atoms with E-state index in [1.54, 1.807) is 19.5 Å². The third-order valence-corrected chi connectivity index (χ3v) is 4.66. The summed E-state index contributed by atoms with van der Waals surface area (Å²) in [5, 5.41) is 5.50. The molecule has 0 spiro atoms. The summed E-state index contributed by atoms with van der Waals surface area (Å²) in [4.78, 5) is 17.0. The predicted molar refractivity (Wildman–Crippen MR) is 111 cm³/mol. The molecule has 5 rings (SSSR count). The molecule has 0 radical (unpaired) electrons. The van der Waals surface area contributed by atoms with E-state index in [4.69, 9.17) is 14.7 Å². The van der Waals surface area contributed by atoms with Crippen LogP contribution in [0.4, 0.5) is 11.5 Å². The topological polar surface area (TPSA) is 75.7 Å². The Bertz CT molecular complexity index is 1280. The second-order valence-corrected chi connectivity index (χ2v) is 6.39. The molecule has 2 N–H and O–H groups in total. The first kappa shape index (κ1) is 16.3. The molecule has 3 aromatic heterocycles. The molecular formula is C22H17N5O. The molecule has 0 aliphatic carbocycles. The smallest absolute Gasteiger partial charge is 0.163 e. The van der Waals surface area contributed by atoms with Gasteiger partial charge in [-0.1, -0.05) is 12.1 Å². The molecule has 28 heavy (non-hydrogen) atoms. The Kier molecular flexibility index (Phi) is 3.87. The number of hydrogen-bond acceptors (Lipinski definition) is 5. The number of rotatable bonds is 4. The largest absolute Gasteiger partial charge is 0.497 e. The molecule has 0 saturated heterocycles. The number of ether oxygens (including phenoxy) is 1. The molecule has 0 aliphatic heterocycles. The minimum Gasteiger partial charge on any atom is -0.497 e. The summed E-state index contributed by atoms with van der Waals surface area (Å²) < 4.78 is 5.40. The van der Waals surface area contributed by atoms with Gasteiger partial charge in [0.2, 0.25) is 0 Å². The molecule has 0 unspecified atom stereocenters. The lowest BCUT2D eigenvalue weighted by molar-refractivity contribution is 0.415. The van der Waals surface area contributed by atoms with Gasteiger partial charge in [0.05, 0.1) is 23.8 Å². The highest BCUT2D eigenvalue weighted by molar-refractivity contribution is 5.98. The van der Waals surface area contributed by atoms with E-state index in [1.807, 2.05) is 54.7 Å². The molecular weight excluding hydrogens is 350 g/mol. The van der Waals surface area contributed by atoms with Gasteiger partial charge in [-0.15, -0.1) is 0 Å².